The van der Waals surface area contributed by atoms with Gasteiger partial charge in [0.05, 0.1) is 26.5 Å². The molecule has 0 spiro atoms. The summed E-state index contributed by atoms with van der Waals surface area (Å²) < 4.78 is 6.07. The van der Waals surface area contributed by atoms with Crippen LogP contribution in [-0.2, 0) is 4.74 Å². The third-order valence-corrected chi connectivity index (χ3v) is 4.27. The summed E-state index contributed by atoms with van der Waals surface area (Å²) in [5.41, 5.74) is 1.17. The quantitative estimate of drug-likeness (QED) is 0.769. The molecule has 0 saturated heterocycles. The summed E-state index contributed by atoms with van der Waals surface area (Å²) in [6.07, 6.45) is 1.56. The fourth-order valence-corrected chi connectivity index (χ4v) is 3.08. The Hall–Kier alpha value is -1.27. The molecule has 0 amide bonds. The van der Waals surface area contributed by atoms with Gasteiger partial charge in [-0.25, -0.2) is 14.8 Å². The second-order valence-corrected chi connectivity index (χ2v) is 6.93. The van der Waals surface area contributed by atoms with E-state index >= 15 is 0 Å². The molecule has 0 radical (unpaired) electrons. The van der Waals surface area contributed by atoms with Crippen LogP contribution in [0.25, 0.3) is 10.7 Å². The van der Waals surface area contributed by atoms with Crippen molar-refractivity contribution in [1.82, 2.24) is 9.97 Å². The lowest BCUT2D eigenvalue weighted by Gasteiger charge is -2.11. The van der Waals surface area contributed by atoms with Crippen molar-refractivity contribution < 1.29 is 9.53 Å². The van der Waals surface area contributed by atoms with Crippen LogP contribution in [0.2, 0.25) is 0 Å². The Morgan fingerprint density at radius 3 is 2.75 bits per heavy atom. The van der Waals surface area contributed by atoms with Crippen LogP contribution < -0.4 is 0 Å². The molecule has 0 aromatic carbocycles. The molecule has 6 heteroatoms. The number of carbonyl (C=O) groups is 1. The van der Waals surface area contributed by atoms with Gasteiger partial charge in [0.25, 0.3) is 0 Å². The molecule has 0 saturated carbocycles. The standard InChI is InChI=1S/C14H15BrN2O2S/c1-4-19-14(18)9-7-16-13(17-12(9)8(2)3)10-5-6-11(15)20-10/h5-8H,4H2,1-3H3. The Balaban J connectivity index is 2.45. The first-order chi connectivity index (χ1) is 9.52. The maximum Gasteiger partial charge on any atom is 0.341 e. The zero-order chi connectivity index (χ0) is 14.7. The number of hydrogen-bond acceptors (Lipinski definition) is 5. The van der Waals surface area contributed by atoms with Crippen molar-refractivity contribution in [3.05, 3.63) is 33.4 Å². The van der Waals surface area contributed by atoms with Gasteiger partial charge < -0.3 is 4.74 Å². The lowest BCUT2D eigenvalue weighted by atomic mass is 10.1. The van der Waals surface area contributed by atoms with Crippen molar-refractivity contribution in [3.8, 4) is 10.7 Å². The van der Waals surface area contributed by atoms with Crippen molar-refractivity contribution in [2.45, 2.75) is 26.7 Å². The summed E-state index contributed by atoms with van der Waals surface area (Å²) >= 11 is 4.99. The second-order valence-electron chi connectivity index (χ2n) is 4.47. The van der Waals surface area contributed by atoms with E-state index in [1.807, 2.05) is 26.0 Å². The summed E-state index contributed by atoms with van der Waals surface area (Å²) in [4.78, 5) is 21.7. The van der Waals surface area contributed by atoms with Crippen molar-refractivity contribution in [1.29, 1.82) is 0 Å². The number of hydrogen-bond donors (Lipinski definition) is 0. The molecule has 2 rings (SSSR count). The molecule has 0 aliphatic heterocycles. The first kappa shape index (κ1) is 15.1. The monoisotopic (exact) mass is 354 g/mol. The Bertz CT molecular complexity index is 625. The van der Waals surface area contributed by atoms with Crippen LogP contribution in [-0.4, -0.2) is 22.5 Å². The van der Waals surface area contributed by atoms with Gasteiger partial charge >= 0.3 is 5.97 Å². The molecule has 0 N–H and O–H groups in total. The summed E-state index contributed by atoms with van der Waals surface area (Å²) in [5.74, 6) is 0.395. The van der Waals surface area contributed by atoms with E-state index in [-0.39, 0.29) is 11.9 Å². The van der Waals surface area contributed by atoms with Crippen LogP contribution in [0.5, 0.6) is 0 Å². The highest BCUT2D eigenvalue weighted by Gasteiger charge is 2.19. The smallest absolute Gasteiger partial charge is 0.341 e. The van der Waals surface area contributed by atoms with Gasteiger partial charge in [-0.1, -0.05) is 13.8 Å². The highest BCUT2D eigenvalue weighted by molar-refractivity contribution is 9.11. The average Bonchev–Trinajstić information content (AvgIpc) is 2.85. The van der Waals surface area contributed by atoms with Gasteiger partial charge in [0.15, 0.2) is 5.82 Å². The van der Waals surface area contributed by atoms with Crippen LogP contribution in [0, 0.1) is 0 Å². The number of halogens is 1. The fraction of sp³-hybridized carbons (Fsp3) is 0.357. The molecule has 2 heterocycles. The molecule has 4 nitrogen and oxygen atoms in total. The number of ether oxygens (including phenoxy) is 1. The van der Waals surface area contributed by atoms with Gasteiger partial charge in [-0.15, -0.1) is 11.3 Å². The molecule has 0 fully saturated rings. The Morgan fingerprint density at radius 1 is 1.45 bits per heavy atom. The summed E-state index contributed by atoms with van der Waals surface area (Å²) in [5, 5.41) is 0. The average molecular weight is 355 g/mol. The van der Waals surface area contributed by atoms with Gasteiger partial charge in [0, 0.05) is 6.20 Å². The highest BCUT2D eigenvalue weighted by Crippen LogP contribution is 2.30. The molecular formula is C14H15BrN2O2S. The molecule has 0 bridgehead atoms. The Kier molecular flexibility index (Phi) is 4.88. The minimum atomic E-state index is -0.366. The first-order valence-electron chi connectivity index (χ1n) is 6.32. The first-order valence-corrected chi connectivity index (χ1v) is 7.93. The molecule has 20 heavy (non-hydrogen) atoms. The molecule has 0 aliphatic carbocycles. The zero-order valence-corrected chi connectivity index (χ0v) is 13.9. The van der Waals surface area contributed by atoms with Crippen molar-refractivity contribution >= 4 is 33.2 Å². The van der Waals surface area contributed by atoms with Gasteiger partial charge in [-0.3, -0.25) is 0 Å². The Morgan fingerprint density at radius 2 is 2.20 bits per heavy atom. The van der Waals surface area contributed by atoms with E-state index in [0.29, 0.717) is 18.0 Å². The molecule has 0 atom stereocenters. The minimum Gasteiger partial charge on any atom is -0.462 e. The number of esters is 1. The molecule has 2 aromatic rings. The van der Waals surface area contributed by atoms with Gasteiger partial charge in [-0.2, -0.15) is 0 Å². The number of aromatic nitrogens is 2. The predicted molar refractivity (Wildman–Crippen MR) is 83.1 cm³/mol. The van der Waals surface area contributed by atoms with Crippen LogP contribution in [0.15, 0.2) is 22.1 Å². The predicted octanol–water partition coefficient (Wildman–Crippen LogP) is 4.27. The third-order valence-electron chi connectivity index (χ3n) is 2.65. The molecule has 106 valence electrons. The summed E-state index contributed by atoms with van der Waals surface area (Å²) in [6.45, 7) is 6.12. The van der Waals surface area contributed by atoms with E-state index in [1.54, 1.807) is 24.5 Å². The van der Waals surface area contributed by atoms with Crippen molar-refractivity contribution in [2.24, 2.45) is 0 Å². The van der Waals surface area contributed by atoms with Crippen molar-refractivity contribution in [2.75, 3.05) is 6.61 Å². The number of rotatable bonds is 4. The second kappa shape index (κ2) is 6.45. The van der Waals surface area contributed by atoms with E-state index < -0.39 is 0 Å². The van der Waals surface area contributed by atoms with Crippen molar-refractivity contribution in [3.63, 3.8) is 0 Å². The topological polar surface area (TPSA) is 52.1 Å². The van der Waals surface area contributed by atoms with E-state index in [1.165, 1.54) is 0 Å². The van der Waals surface area contributed by atoms with Gasteiger partial charge in [0.1, 0.15) is 0 Å². The largest absolute Gasteiger partial charge is 0.462 e. The lowest BCUT2D eigenvalue weighted by Crippen LogP contribution is -2.12. The fourth-order valence-electron chi connectivity index (χ4n) is 1.75. The van der Waals surface area contributed by atoms with Crippen LogP contribution in [0.3, 0.4) is 0 Å². The minimum absolute atomic E-state index is 0.125. The van der Waals surface area contributed by atoms with E-state index in [9.17, 15) is 4.79 Å². The molecule has 2 aromatic heterocycles. The number of nitrogens with zero attached hydrogens (tertiary/aromatic N) is 2. The Labute approximate surface area is 130 Å². The lowest BCUT2D eigenvalue weighted by molar-refractivity contribution is 0.0523. The normalized spacial score (nSPS) is 10.8. The molecular weight excluding hydrogens is 340 g/mol. The zero-order valence-electron chi connectivity index (χ0n) is 11.5. The maximum atomic E-state index is 11.9. The summed E-state index contributed by atoms with van der Waals surface area (Å²) in [6, 6.07) is 3.91. The SMILES string of the molecule is CCOC(=O)c1cnc(-c2ccc(Br)s2)nc1C(C)C. The highest BCUT2D eigenvalue weighted by atomic mass is 79.9. The van der Waals surface area contributed by atoms with Crippen LogP contribution >= 0.6 is 27.3 Å². The van der Waals surface area contributed by atoms with E-state index in [4.69, 9.17) is 4.74 Å². The summed E-state index contributed by atoms with van der Waals surface area (Å²) in [7, 11) is 0. The molecule has 0 unspecified atom stereocenters. The molecule has 0 aliphatic rings. The number of thiophene rings is 1. The van der Waals surface area contributed by atoms with E-state index in [2.05, 4.69) is 25.9 Å². The third kappa shape index (κ3) is 3.24. The number of carbonyl (C=O) groups excluding carboxylic acids is 1. The maximum absolute atomic E-state index is 11.9. The van der Waals surface area contributed by atoms with Crippen LogP contribution in [0.1, 0.15) is 42.7 Å². The van der Waals surface area contributed by atoms with Gasteiger partial charge in [0.2, 0.25) is 0 Å². The van der Waals surface area contributed by atoms with E-state index in [0.717, 1.165) is 14.4 Å². The van der Waals surface area contributed by atoms with Gasteiger partial charge in [-0.05, 0) is 40.9 Å². The van der Waals surface area contributed by atoms with Crippen LogP contribution in [0.4, 0.5) is 0 Å².